The van der Waals surface area contributed by atoms with Crippen molar-refractivity contribution in [1.82, 2.24) is 29.1 Å². The van der Waals surface area contributed by atoms with Crippen LogP contribution in [0.3, 0.4) is 0 Å². The third-order valence-corrected chi connectivity index (χ3v) is 8.32. The average Bonchev–Trinajstić information content (AvgIpc) is 3.60. The van der Waals surface area contributed by atoms with Crippen molar-refractivity contribution < 1.29 is 0 Å². The minimum atomic E-state index is 0.438. The first-order valence-corrected chi connectivity index (χ1v) is 14.8. The number of nitrogens with two attached hydrogens (primary N) is 2. The molecule has 4 heterocycles. The van der Waals surface area contributed by atoms with Crippen LogP contribution < -0.4 is 11.5 Å². The highest BCUT2D eigenvalue weighted by atomic mass is 15.1. The zero-order valence-corrected chi connectivity index (χ0v) is 24.1. The Bertz CT molecular complexity index is 2140. The zero-order valence-electron chi connectivity index (χ0n) is 24.1. The van der Waals surface area contributed by atoms with Crippen molar-refractivity contribution in [2.45, 2.75) is 25.9 Å². The van der Waals surface area contributed by atoms with E-state index in [0.717, 1.165) is 55.5 Å². The summed E-state index contributed by atoms with van der Waals surface area (Å²) in [4.78, 5) is 19.6. The maximum atomic E-state index is 6.51. The maximum Gasteiger partial charge on any atom is 0.152 e. The third kappa shape index (κ3) is 4.39. The molecule has 8 rings (SSSR count). The lowest BCUT2D eigenvalue weighted by atomic mass is 10.1. The van der Waals surface area contributed by atoms with Crippen LogP contribution in [0.5, 0.6) is 0 Å². The number of nitrogens with zero attached hydrogens (tertiary/aromatic N) is 6. The highest BCUT2D eigenvalue weighted by molar-refractivity contribution is 6.07. The second-order valence-corrected chi connectivity index (χ2v) is 11.1. The molecule has 44 heavy (non-hydrogen) atoms. The van der Waals surface area contributed by atoms with Crippen molar-refractivity contribution in [3.63, 3.8) is 0 Å². The Balaban J connectivity index is 1.28. The molecule has 0 radical (unpaired) electrons. The molecule has 0 saturated heterocycles. The van der Waals surface area contributed by atoms with Gasteiger partial charge in [-0.05, 0) is 23.3 Å². The number of hydrogen-bond acceptors (Lipinski definition) is 6. The van der Waals surface area contributed by atoms with E-state index in [1.807, 2.05) is 48.5 Å². The summed E-state index contributed by atoms with van der Waals surface area (Å²) in [7, 11) is 0. The lowest BCUT2D eigenvalue weighted by Crippen LogP contribution is -2.10. The number of pyridine rings is 2. The van der Waals surface area contributed by atoms with Crippen molar-refractivity contribution >= 4 is 55.5 Å². The summed E-state index contributed by atoms with van der Waals surface area (Å²) in [6, 6.07) is 37.1. The van der Waals surface area contributed by atoms with E-state index in [0.29, 0.717) is 37.6 Å². The van der Waals surface area contributed by atoms with E-state index in [1.54, 1.807) is 0 Å². The van der Waals surface area contributed by atoms with Gasteiger partial charge < -0.3 is 20.6 Å². The molecule has 4 N–H and O–H groups in total. The Kier molecular flexibility index (Phi) is 6.19. The molecule has 4 aromatic heterocycles. The summed E-state index contributed by atoms with van der Waals surface area (Å²) in [5.74, 6) is 2.74. The van der Waals surface area contributed by atoms with E-state index in [1.165, 1.54) is 11.1 Å². The first kappa shape index (κ1) is 25.9. The fourth-order valence-corrected chi connectivity index (χ4v) is 6.29. The molecular weight excluding hydrogens is 544 g/mol. The van der Waals surface area contributed by atoms with Gasteiger partial charge >= 0.3 is 0 Å². The largest absolute Gasteiger partial charge is 0.382 e. The molecule has 0 bridgehead atoms. The molecule has 0 atom stereocenters. The van der Waals surface area contributed by atoms with Crippen LogP contribution in [0, 0.1) is 0 Å². The second-order valence-electron chi connectivity index (χ2n) is 11.1. The van der Waals surface area contributed by atoms with Gasteiger partial charge in [0.25, 0.3) is 0 Å². The van der Waals surface area contributed by atoms with Gasteiger partial charge in [-0.2, -0.15) is 0 Å². The number of aromatic nitrogens is 6. The maximum absolute atomic E-state index is 6.51. The van der Waals surface area contributed by atoms with Crippen molar-refractivity contribution in [2.75, 3.05) is 11.5 Å². The molecule has 8 nitrogen and oxygen atoms in total. The van der Waals surface area contributed by atoms with Crippen LogP contribution in [0.15, 0.2) is 109 Å². The number of nitrogen functional groups attached to an aromatic ring is 2. The van der Waals surface area contributed by atoms with Gasteiger partial charge in [-0.15, -0.1) is 0 Å². The number of rotatable bonds is 7. The van der Waals surface area contributed by atoms with Crippen LogP contribution in [0.4, 0.5) is 11.6 Å². The Morgan fingerprint density at radius 2 is 0.841 bits per heavy atom. The third-order valence-electron chi connectivity index (χ3n) is 8.32. The molecular formula is C36H30N8. The lowest BCUT2D eigenvalue weighted by molar-refractivity contribution is 0.685. The summed E-state index contributed by atoms with van der Waals surface area (Å²) in [5, 5.41) is 2.07. The number of aryl methyl sites for hydroxylation is 2. The lowest BCUT2D eigenvalue weighted by Gasteiger charge is -2.13. The van der Waals surface area contributed by atoms with Gasteiger partial charge in [0.2, 0.25) is 0 Å². The quantitative estimate of drug-likeness (QED) is 0.224. The highest BCUT2D eigenvalue weighted by Gasteiger charge is 2.21. The number of fused-ring (bicyclic) bond motifs is 6. The molecule has 8 aromatic rings. The van der Waals surface area contributed by atoms with E-state index >= 15 is 0 Å². The highest BCUT2D eigenvalue weighted by Crippen LogP contribution is 2.32. The number of anilines is 2. The van der Waals surface area contributed by atoms with Gasteiger partial charge in [-0.25, -0.2) is 19.9 Å². The van der Waals surface area contributed by atoms with Gasteiger partial charge in [0.1, 0.15) is 22.7 Å². The average molecular weight is 575 g/mol. The molecule has 0 amide bonds. The van der Waals surface area contributed by atoms with Crippen LogP contribution in [0.1, 0.15) is 22.8 Å². The molecule has 0 fully saturated rings. The second kappa shape index (κ2) is 10.5. The van der Waals surface area contributed by atoms with E-state index < -0.39 is 0 Å². The van der Waals surface area contributed by atoms with Crippen LogP contribution >= 0.6 is 0 Å². The van der Waals surface area contributed by atoms with Crippen LogP contribution in [0.25, 0.3) is 43.9 Å². The Morgan fingerprint density at radius 3 is 1.27 bits per heavy atom. The molecule has 0 unspecified atom stereocenters. The number of para-hydroxylation sites is 2. The number of benzene rings is 4. The van der Waals surface area contributed by atoms with Crippen LogP contribution in [-0.4, -0.2) is 29.1 Å². The normalized spacial score (nSPS) is 11.7. The minimum absolute atomic E-state index is 0.438. The van der Waals surface area contributed by atoms with Crippen LogP contribution in [0.2, 0.25) is 0 Å². The zero-order chi connectivity index (χ0) is 29.6. The Morgan fingerprint density at radius 1 is 0.455 bits per heavy atom. The molecule has 4 aromatic carbocycles. The molecule has 0 spiro atoms. The van der Waals surface area contributed by atoms with Gasteiger partial charge in [-0.1, -0.05) is 97.1 Å². The fourth-order valence-electron chi connectivity index (χ4n) is 6.29. The predicted octanol–water partition coefficient (Wildman–Crippen LogP) is 6.53. The Hall–Kier alpha value is -5.76. The summed E-state index contributed by atoms with van der Waals surface area (Å²) >= 11 is 0. The molecule has 8 heteroatoms. The summed E-state index contributed by atoms with van der Waals surface area (Å²) < 4.78 is 4.58. The van der Waals surface area contributed by atoms with E-state index in [-0.39, 0.29) is 0 Å². The summed E-state index contributed by atoms with van der Waals surface area (Å²) in [5.41, 5.74) is 20.6. The van der Waals surface area contributed by atoms with Gasteiger partial charge in [-0.3, -0.25) is 0 Å². The predicted molar refractivity (Wildman–Crippen MR) is 177 cm³/mol. The van der Waals surface area contributed by atoms with E-state index in [2.05, 4.69) is 79.8 Å². The van der Waals surface area contributed by atoms with E-state index in [9.17, 15) is 0 Å². The monoisotopic (exact) mass is 574 g/mol. The number of hydrogen-bond donors (Lipinski definition) is 2. The Labute approximate surface area is 253 Å². The van der Waals surface area contributed by atoms with Crippen molar-refractivity contribution in [1.29, 1.82) is 0 Å². The van der Waals surface area contributed by atoms with Crippen LogP contribution in [-0.2, 0) is 25.9 Å². The van der Waals surface area contributed by atoms with Crippen molar-refractivity contribution in [3.8, 4) is 0 Å². The van der Waals surface area contributed by atoms with Crippen molar-refractivity contribution in [3.05, 3.63) is 132 Å². The molecule has 0 aliphatic rings. The number of imidazole rings is 2. The van der Waals surface area contributed by atoms with E-state index in [4.69, 9.17) is 21.4 Å². The standard InChI is InChI=1S/C36H30N8/c37-35-31-33(25-15-7-9-17-27(25)39-35)43(21-23-11-3-1-4-12-23)29(41-31)19-20-30-42-32-34(44(30)22-24-13-5-2-6-14-24)26-16-8-10-18-28(26)40-36(32)38/h1-18H,19-22H2,(H2,37,39)(H2,38,40). The first-order valence-electron chi connectivity index (χ1n) is 14.8. The topological polar surface area (TPSA) is 113 Å². The SMILES string of the molecule is Nc1nc2ccccc2c2c1nc(CCc1nc3c(N)nc4ccccc4c3n1Cc1ccccc1)n2Cc1ccccc1. The van der Waals surface area contributed by atoms with Gasteiger partial charge in [0.15, 0.2) is 11.6 Å². The molecule has 0 saturated carbocycles. The molecule has 0 aliphatic heterocycles. The summed E-state index contributed by atoms with van der Waals surface area (Å²) in [6.07, 6.45) is 1.30. The fraction of sp³-hybridized carbons (Fsp3) is 0.111. The first-order chi connectivity index (χ1) is 21.6. The van der Waals surface area contributed by atoms with Gasteiger partial charge in [0.05, 0.1) is 22.1 Å². The minimum Gasteiger partial charge on any atom is -0.382 e. The summed E-state index contributed by atoms with van der Waals surface area (Å²) in [6.45, 7) is 1.34. The molecule has 214 valence electrons. The smallest absolute Gasteiger partial charge is 0.152 e. The van der Waals surface area contributed by atoms with Crippen molar-refractivity contribution in [2.24, 2.45) is 0 Å². The van der Waals surface area contributed by atoms with Gasteiger partial charge in [0, 0.05) is 36.7 Å². The molecule has 0 aliphatic carbocycles.